The van der Waals surface area contributed by atoms with E-state index in [4.69, 9.17) is 9.15 Å². The number of nitrogens with one attached hydrogen (secondary N) is 1. The average molecular weight is 373 g/mol. The summed E-state index contributed by atoms with van der Waals surface area (Å²) in [5.74, 6) is 0.908. The Labute approximate surface area is 141 Å². The van der Waals surface area contributed by atoms with Crippen molar-refractivity contribution in [2.24, 2.45) is 0 Å². The Morgan fingerprint density at radius 2 is 1.79 bits per heavy atom. The molecule has 0 saturated heterocycles. The van der Waals surface area contributed by atoms with Gasteiger partial charge in [-0.1, -0.05) is 6.92 Å². The van der Waals surface area contributed by atoms with E-state index in [-0.39, 0.29) is 29.6 Å². The van der Waals surface area contributed by atoms with Crippen LogP contribution >= 0.6 is 0 Å². The molecule has 2 aromatic rings. The van der Waals surface area contributed by atoms with E-state index in [1.807, 2.05) is 0 Å². The zero-order valence-corrected chi connectivity index (χ0v) is 14.8. The number of hydrogen-bond donors (Lipinski definition) is 1. The quantitative estimate of drug-likeness (QED) is 0.716. The van der Waals surface area contributed by atoms with Crippen LogP contribution in [0.25, 0.3) is 0 Å². The number of furan rings is 1. The molecule has 0 fully saturated rings. The van der Waals surface area contributed by atoms with Crippen molar-refractivity contribution < 1.29 is 26.0 Å². The van der Waals surface area contributed by atoms with E-state index < -0.39 is 19.9 Å². The number of rotatable bonds is 9. The summed E-state index contributed by atoms with van der Waals surface area (Å²) in [6.45, 7) is 1.66. The largest absolute Gasteiger partial charge is 0.493 e. The molecule has 2 rings (SSSR count). The van der Waals surface area contributed by atoms with Crippen molar-refractivity contribution in [3.8, 4) is 5.75 Å². The zero-order valence-electron chi connectivity index (χ0n) is 13.1. The van der Waals surface area contributed by atoms with E-state index in [0.29, 0.717) is 11.5 Å². The molecule has 0 bridgehead atoms. The fourth-order valence-corrected chi connectivity index (χ4v) is 3.43. The Kier molecular flexibility index (Phi) is 6.03. The maximum Gasteiger partial charge on any atom is 0.240 e. The molecule has 0 spiro atoms. The van der Waals surface area contributed by atoms with Crippen LogP contribution in [-0.4, -0.2) is 34.9 Å². The standard InChI is InChI=1S/C15H19NO6S2/c1-2-23(17,18)11-10-22-13-5-7-15(8-6-13)24(19,20)16-12-14-4-3-9-21-14/h3-9,16H,2,10-12H2,1H3. The number of hydrogen-bond acceptors (Lipinski definition) is 6. The first kappa shape index (κ1) is 18.5. The van der Waals surface area contributed by atoms with Crippen molar-refractivity contribution >= 4 is 19.9 Å². The molecule has 0 aliphatic heterocycles. The highest BCUT2D eigenvalue weighted by Gasteiger charge is 2.14. The van der Waals surface area contributed by atoms with Crippen LogP contribution in [0.4, 0.5) is 0 Å². The highest BCUT2D eigenvalue weighted by atomic mass is 32.2. The van der Waals surface area contributed by atoms with Gasteiger partial charge in [-0.25, -0.2) is 21.6 Å². The van der Waals surface area contributed by atoms with Gasteiger partial charge in [-0.15, -0.1) is 0 Å². The molecule has 1 aromatic carbocycles. The third kappa shape index (κ3) is 5.36. The van der Waals surface area contributed by atoms with Crippen LogP contribution in [0.1, 0.15) is 12.7 Å². The molecule has 7 nitrogen and oxygen atoms in total. The molecule has 0 aliphatic carbocycles. The minimum Gasteiger partial charge on any atom is -0.493 e. The fraction of sp³-hybridized carbons (Fsp3) is 0.333. The number of benzene rings is 1. The summed E-state index contributed by atoms with van der Waals surface area (Å²) < 4.78 is 59.9. The molecule has 0 amide bonds. The summed E-state index contributed by atoms with van der Waals surface area (Å²) in [6.07, 6.45) is 1.47. The van der Waals surface area contributed by atoms with Crippen LogP contribution in [0.2, 0.25) is 0 Å². The number of ether oxygens (including phenoxy) is 1. The normalized spacial score (nSPS) is 12.2. The van der Waals surface area contributed by atoms with Gasteiger partial charge in [0.05, 0.1) is 23.5 Å². The molecule has 9 heteroatoms. The summed E-state index contributed by atoms with van der Waals surface area (Å²) in [5, 5.41) is 0. The van der Waals surface area contributed by atoms with Crippen molar-refractivity contribution in [3.63, 3.8) is 0 Å². The molecule has 132 valence electrons. The van der Waals surface area contributed by atoms with E-state index >= 15 is 0 Å². The zero-order chi connectivity index (χ0) is 17.6. The summed E-state index contributed by atoms with van der Waals surface area (Å²) in [7, 11) is -6.75. The second-order valence-electron chi connectivity index (χ2n) is 4.96. The highest BCUT2D eigenvalue weighted by Crippen LogP contribution is 2.16. The first-order valence-corrected chi connectivity index (χ1v) is 10.6. The van der Waals surface area contributed by atoms with Gasteiger partial charge >= 0.3 is 0 Å². The Balaban J connectivity index is 1.93. The molecule has 24 heavy (non-hydrogen) atoms. The van der Waals surface area contributed by atoms with Gasteiger partial charge in [-0.05, 0) is 36.4 Å². The topological polar surface area (TPSA) is 103 Å². The summed E-state index contributed by atoms with van der Waals surface area (Å²) in [5.41, 5.74) is 0. The molecule has 1 heterocycles. The van der Waals surface area contributed by atoms with Crippen LogP contribution in [0.5, 0.6) is 5.75 Å². The molecule has 1 N–H and O–H groups in total. The van der Waals surface area contributed by atoms with E-state index in [9.17, 15) is 16.8 Å². The maximum absolute atomic E-state index is 12.2. The van der Waals surface area contributed by atoms with Crippen molar-refractivity contribution in [1.29, 1.82) is 0 Å². The summed E-state index contributed by atoms with van der Waals surface area (Å²) >= 11 is 0. The van der Waals surface area contributed by atoms with Crippen LogP contribution in [0, 0.1) is 0 Å². The Morgan fingerprint density at radius 1 is 1.08 bits per heavy atom. The molecule has 1 aromatic heterocycles. The summed E-state index contributed by atoms with van der Waals surface area (Å²) in [6, 6.07) is 9.11. The van der Waals surface area contributed by atoms with Gasteiger partial charge in [0, 0.05) is 5.75 Å². The van der Waals surface area contributed by atoms with Gasteiger partial charge < -0.3 is 9.15 Å². The fourth-order valence-electron chi connectivity index (χ4n) is 1.81. The van der Waals surface area contributed by atoms with Crippen LogP contribution in [-0.2, 0) is 26.4 Å². The van der Waals surface area contributed by atoms with Crippen molar-refractivity contribution in [2.45, 2.75) is 18.4 Å². The Morgan fingerprint density at radius 3 is 2.38 bits per heavy atom. The van der Waals surface area contributed by atoms with Gasteiger partial charge in [-0.3, -0.25) is 0 Å². The van der Waals surface area contributed by atoms with Crippen LogP contribution in [0.3, 0.4) is 0 Å². The molecule has 0 radical (unpaired) electrons. The van der Waals surface area contributed by atoms with Gasteiger partial charge in [0.15, 0.2) is 9.84 Å². The predicted octanol–water partition coefficient (Wildman–Crippen LogP) is 1.57. The van der Waals surface area contributed by atoms with Gasteiger partial charge in [-0.2, -0.15) is 0 Å². The smallest absolute Gasteiger partial charge is 0.240 e. The third-order valence-electron chi connectivity index (χ3n) is 3.25. The molecule has 0 aliphatic rings. The highest BCUT2D eigenvalue weighted by molar-refractivity contribution is 7.91. The second kappa shape index (κ2) is 7.82. The number of sulfone groups is 1. The van der Waals surface area contributed by atoms with Crippen molar-refractivity contribution in [3.05, 3.63) is 48.4 Å². The van der Waals surface area contributed by atoms with Gasteiger partial charge in [0.25, 0.3) is 0 Å². The van der Waals surface area contributed by atoms with E-state index in [2.05, 4.69) is 4.72 Å². The summed E-state index contributed by atoms with van der Waals surface area (Å²) in [4.78, 5) is 0.0857. The van der Waals surface area contributed by atoms with Crippen LogP contribution in [0.15, 0.2) is 52.0 Å². The number of sulfonamides is 1. The van der Waals surface area contributed by atoms with Crippen molar-refractivity contribution in [2.75, 3.05) is 18.1 Å². The van der Waals surface area contributed by atoms with Crippen LogP contribution < -0.4 is 9.46 Å². The minimum absolute atomic E-state index is 0.0268. The average Bonchev–Trinajstić information content (AvgIpc) is 3.07. The molecular formula is C15H19NO6S2. The first-order valence-electron chi connectivity index (χ1n) is 7.28. The van der Waals surface area contributed by atoms with E-state index in [1.165, 1.54) is 30.5 Å². The van der Waals surface area contributed by atoms with Gasteiger partial charge in [0.1, 0.15) is 18.1 Å². The third-order valence-corrected chi connectivity index (χ3v) is 6.34. The molecule has 0 saturated carbocycles. The molecule has 0 atom stereocenters. The monoisotopic (exact) mass is 373 g/mol. The first-order chi connectivity index (χ1) is 11.3. The SMILES string of the molecule is CCS(=O)(=O)CCOc1ccc(S(=O)(=O)NCc2ccco2)cc1. The van der Waals surface area contributed by atoms with E-state index in [1.54, 1.807) is 19.1 Å². The predicted molar refractivity (Wildman–Crippen MR) is 89.0 cm³/mol. The van der Waals surface area contributed by atoms with E-state index in [0.717, 1.165) is 0 Å². The lowest BCUT2D eigenvalue weighted by Crippen LogP contribution is -2.23. The molecular weight excluding hydrogens is 354 g/mol. The maximum atomic E-state index is 12.2. The minimum atomic E-state index is -3.66. The second-order valence-corrected chi connectivity index (χ2v) is 9.20. The van der Waals surface area contributed by atoms with Gasteiger partial charge in [0.2, 0.25) is 10.0 Å². The van der Waals surface area contributed by atoms with Crippen molar-refractivity contribution in [1.82, 2.24) is 4.72 Å². The lowest BCUT2D eigenvalue weighted by molar-refractivity contribution is 0.340. The Bertz CT molecular complexity index is 840. The Hall–Kier alpha value is -1.84. The lowest BCUT2D eigenvalue weighted by Gasteiger charge is -2.08. The lowest BCUT2D eigenvalue weighted by atomic mass is 10.3. The molecule has 0 unspecified atom stereocenters.